The van der Waals surface area contributed by atoms with E-state index in [4.69, 9.17) is 18.5 Å². The van der Waals surface area contributed by atoms with Crippen LogP contribution in [0.15, 0.2) is 12.2 Å². The minimum Gasteiger partial charge on any atom is -0.462 e. The van der Waals surface area contributed by atoms with Crippen molar-refractivity contribution in [1.29, 1.82) is 0 Å². The summed E-state index contributed by atoms with van der Waals surface area (Å²) in [5, 5.41) is 0. The summed E-state index contributed by atoms with van der Waals surface area (Å²) in [6.45, 7) is 5.53. The average Bonchev–Trinajstić information content (AvgIpc) is 3.23. The van der Waals surface area contributed by atoms with Crippen LogP contribution in [0.2, 0.25) is 0 Å². The highest BCUT2D eigenvalue weighted by Gasteiger charge is 2.25. The predicted molar refractivity (Wildman–Crippen MR) is 253 cm³/mol. The molecule has 0 radical (unpaired) electrons. The quantitative estimate of drug-likeness (QED) is 0.0279. The van der Waals surface area contributed by atoms with E-state index >= 15 is 0 Å². The molecule has 0 amide bonds. The van der Waals surface area contributed by atoms with Crippen LogP contribution in [0.4, 0.5) is 0 Å². The van der Waals surface area contributed by atoms with E-state index in [9.17, 15) is 19.0 Å². The molecule has 2 unspecified atom stereocenters. The smallest absolute Gasteiger partial charge is 0.462 e. The lowest BCUT2D eigenvalue weighted by molar-refractivity contribution is -0.161. The maximum absolute atomic E-state index is 12.6. The molecule has 0 rings (SSSR count). The number of ether oxygens (including phenoxy) is 2. The van der Waals surface area contributed by atoms with E-state index in [1.54, 1.807) is 6.92 Å². The van der Waals surface area contributed by atoms with Gasteiger partial charge in [0.1, 0.15) is 6.61 Å². The summed E-state index contributed by atoms with van der Waals surface area (Å²) in [7, 11) is -4.28. The Labute approximate surface area is 371 Å². The van der Waals surface area contributed by atoms with Crippen LogP contribution in [0.5, 0.6) is 0 Å². The number of carbonyl (C=O) groups is 2. The Morgan fingerprint density at radius 3 is 1.10 bits per heavy atom. The third kappa shape index (κ3) is 46.3. The van der Waals surface area contributed by atoms with Gasteiger partial charge < -0.3 is 14.4 Å². The second-order valence-electron chi connectivity index (χ2n) is 17.5. The molecule has 0 aliphatic carbocycles. The number of carbonyl (C=O) groups excluding carboxylic acids is 2. The van der Waals surface area contributed by atoms with E-state index in [2.05, 4.69) is 26.0 Å². The first-order valence-electron chi connectivity index (χ1n) is 26.0. The molecule has 0 spiro atoms. The topological polar surface area (TPSA) is 108 Å². The van der Waals surface area contributed by atoms with Gasteiger partial charge in [-0.15, -0.1) is 0 Å². The molecular formula is C51H99O8P. The largest absolute Gasteiger partial charge is 0.472 e. The number of hydrogen-bond acceptors (Lipinski definition) is 7. The van der Waals surface area contributed by atoms with Gasteiger partial charge in [0.25, 0.3) is 0 Å². The van der Waals surface area contributed by atoms with E-state index < -0.39 is 19.9 Å². The van der Waals surface area contributed by atoms with Gasteiger partial charge in [0, 0.05) is 12.8 Å². The predicted octanol–water partition coefficient (Wildman–Crippen LogP) is 16.8. The molecule has 0 heterocycles. The summed E-state index contributed by atoms with van der Waals surface area (Å²) >= 11 is 0. The first-order valence-corrected chi connectivity index (χ1v) is 27.5. The summed E-state index contributed by atoms with van der Waals surface area (Å²) < 4.78 is 32.8. The molecule has 2 atom stereocenters. The Balaban J connectivity index is 3.91. The van der Waals surface area contributed by atoms with Gasteiger partial charge in [0.2, 0.25) is 0 Å². The molecule has 0 aliphatic rings. The third-order valence-electron chi connectivity index (χ3n) is 11.6. The lowest BCUT2D eigenvalue weighted by Crippen LogP contribution is -2.29. The van der Waals surface area contributed by atoms with Crippen molar-refractivity contribution in [2.24, 2.45) is 0 Å². The van der Waals surface area contributed by atoms with Gasteiger partial charge in [-0.3, -0.25) is 18.6 Å². The van der Waals surface area contributed by atoms with E-state index in [0.29, 0.717) is 12.8 Å². The number of phosphoric ester groups is 1. The van der Waals surface area contributed by atoms with Gasteiger partial charge in [0.15, 0.2) is 6.10 Å². The van der Waals surface area contributed by atoms with Gasteiger partial charge in [-0.25, -0.2) is 4.57 Å². The van der Waals surface area contributed by atoms with Crippen molar-refractivity contribution in [2.45, 2.75) is 284 Å². The fraction of sp³-hybridized carbons (Fsp3) is 0.922. The lowest BCUT2D eigenvalue weighted by atomic mass is 10.0. The van der Waals surface area contributed by atoms with Crippen molar-refractivity contribution in [3.05, 3.63) is 12.2 Å². The summed E-state index contributed by atoms with van der Waals surface area (Å²) in [5.41, 5.74) is 0. The van der Waals surface area contributed by atoms with Crippen LogP contribution in [0, 0.1) is 0 Å². The molecule has 9 heteroatoms. The van der Waals surface area contributed by atoms with E-state index in [1.807, 2.05) is 0 Å². The molecule has 0 aromatic heterocycles. The van der Waals surface area contributed by atoms with E-state index in [-0.39, 0.29) is 32.2 Å². The van der Waals surface area contributed by atoms with Crippen LogP contribution in [-0.4, -0.2) is 42.8 Å². The van der Waals surface area contributed by atoms with Crippen molar-refractivity contribution >= 4 is 19.8 Å². The molecule has 0 bridgehead atoms. The van der Waals surface area contributed by atoms with Gasteiger partial charge >= 0.3 is 19.8 Å². The number of phosphoric acid groups is 1. The number of unbranched alkanes of at least 4 members (excludes halogenated alkanes) is 35. The molecule has 356 valence electrons. The van der Waals surface area contributed by atoms with Gasteiger partial charge in [-0.05, 0) is 45.4 Å². The molecule has 60 heavy (non-hydrogen) atoms. The SMILES string of the molecule is CCCCCCCC/C=C\CCCCCCCCCC(=O)OC(COC(=O)CCCCCCCCCCCCCCCCCCCCCCCCC)COP(=O)(O)OCC. The highest BCUT2D eigenvalue weighted by Crippen LogP contribution is 2.43. The van der Waals surface area contributed by atoms with E-state index in [0.717, 1.165) is 44.9 Å². The van der Waals surface area contributed by atoms with Crippen molar-refractivity contribution in [2.75, 3.05) is 19.8 Å². The fourth-order valence-electron chi connectivity index (χ4n) is 7.75. The van der Waals surface area contributed by atoms with Gasteiger partial charge in [-0.2, -0.15) is 0 Å². The van der Waals surface area contributed by atoms with Crippen LogP contribution >= 0.6 is 7.82 Å². The molecule has 8 nitrogen and oxygen atoms in total. The van der Waals surface area contributed by atoms with Crippen LogP contribution < -0.4 is 0 Å². The Kier molecular flexibility index (Phi) is 46.3. The van der Waals surface area contributed by atoms with Crippen LogP contribution in [0.3, 0.4) is 0 Å². The molecule has 0 aromatic rings. The Morgan fingerprint density at radius 2 is 0.750 bits per heavy atom. The Morgan fingerprint density at radius 1 is 0.433 bits per heavy atom. The van der Waals surface area contributed by atoms with Gasteiger partial charge in [0.05, 0.1) is 13.2 Å². The van der Waals surface area contributed by atoms with Crippen molar-refractivity contribution in [3.63, 3.8) is 0 Å². The van der Waals surface area contributed by atoms with Crippen LogP contribution in [0.1, 0.15) is 278 Å². The number of rotatable bonds is 49. The standard InChI is InChI=1S/C51H99O8P/c1-4-7-9-11-13-15-17-19-21-23-24-25-26-27-28-30-31-33-35-37-39-41-43-45-50(52)56-47-49(48-58-60(54,55)57-6-3)59-51(53)46-44-42-40-38-36-34-32-29-22-20-18-16-14-12-10-8-5-2/h20,22,49H,4-19,21,23-48H2,1-3H3,(H,54,55)/b22-20-. The zero-order chi connectivity index (χ0) is 43.9. The highest BCUT2D eigenvalue weighted by molar-refractivity contribution is 7.47. The van der Waals surface area contributed by atoms with Crippen molar-refractivity contribution in [1.82, 2.24) is 0 Å². The minimum atomic E-state index is -4.28. The first-order chi connectivity index (χ1) is 29.3. The molecule has 0 saturated carbocycles. The van der Waals surface area contributed by atoms with Crippen LogP contribution in [-0.2, 0) is 32.7 Å². The summed E-state index contributed by atoms with van der Waals surface area (Å²) in [5.74, 6) is -0.785. The van der Waals surface area contributed by atoms with E-state index in [1.165, 1.54) is 193 Å². The molecule has 0 aliphatic heterocycles. The number of hydrogen-bond donors (Lipinski definition) is 1. The summed E-state index contributed by atoms with van der Waals surface area (Å²) in [6.07, 6.45) is 52.8. The molecule has 0 saturated heterocycles. The second-order valence-corrected chi connectivity index (χ2v) is 19.0. The second kappa shape index (κ2) is 47.3. The third-order valence-corrected chi connectivity index (χ3v) is 12.6. The molecule has 0 fully saturated rings. The summed E-state index contributed by atoms with van der Waals surface area (Å²) in [4.78, 5) is 34.9. The van der Waals surface area contributed by atoms with Crippen molar-refractivity contribution < 1.29 is 37.6 Å². The van der Waals surface area contributed by atoms with Gasteiger partial charge in [-0.1, -0.05) is 231 Å². The molecular weight excluding hydrogens is 772 g/mol. The number of allylic oxidation sites excluding steroid dienone is 2. The number of esters is 2. The maximum Gasteiger partial charge on any atom is 0.472 e. The zero-order valence-electron chi connectivity index (χ0n) is 39.9. The zero-order valence-corrected chi connectivity index (χ0v) is 40.8. The average molecular weight is 871 g/mol. The maximum atomic E-state index is 12.6. The molecule has 1 N–H and O–H groups in total. The molecule has 0 aromatic carbocycles. The summed E-state index contributed by atoms with van der Waals surface area (Å²) in [6, 6.07) is 0. The van der Waals surface area contributed by atoms with Crippen LogP contribution in [0.25, 0.3) is 0 Å². The lowest BCUT2D eigenvalue weighted by Gasteiger charge is -2.19. The normalized spacial score (nSPS) is 13.2. The Bertz CT molecular complexity index is 988. The fourth-order valence-corrected chi connectivity index (χ4v) is 8.50. The minimum absolute atomic E-state index is 0.00311. The highest BCUT2D eigenvalue weighted by atomic mass is 31.2. The Hall–Kier alpha value is -1.21. The van der Waals surface area contributed by atoms with Crippen molar-refractivity contribution in [3.8, 4) is 0 Å². The first kappa shape index (κ1) is 58.8. The monoisotopic (exact) mass is 871 g/mol.